The van der Waals surface area contributed by atoms with E-state index in [9.17, 15) is 0 Å². The number of hydrogen-bond donors (Lipinski definition) is 1. The second-order valence-electron chi connectivity index (χ2n) is 4.79. The summed E-state index contributed by atoms with van der Waals surface area (Å²) in [6.45, 7) is 0.762. The van der Waals surface area contributed by atoms with E-state index in [0.717, 1.165) is 17.3 Å². The van der Waals surface area contributed by atoms with Gasteiger partial charge in [-0.2, -0.15) is 0 Å². The highest BCUT2D eigenvalue weighted by atomic mass is 35.5. The first-order valence-corrected chi connectivity index (χ1v) is 6.64. The Morgan fingerprint density at radius 3 is 2.94 bits per heavy atom. The fourth-order valence-corrected chi connectivity index (χ4v) is 3.06. The monoisotopic (exact) mass is 253 g/mol. The molecule has 0 saturated heterocycles. The highest BCUT2D eigenvalue weighted by Crippen LogP contribution is 2.32. The van der Waals surface area contributed by atoms with Crippen LogP contribution in [0.1, 0.15) is 25.7 Å². The molecule has 4 heteroatoms. The Morgan fingerprint density at radius 2 is 2.24 bits per heavy atom. The standard InChI is InChI=1S/C13H20ClN3/c1-17(13-6-7-16-9-11(13)14)12-5-3-2-4-10(12)8-15/h6-7,9-10,12H,2-5,8,15H2,1H3. The first-order valence-electron chi connectivity index (χ1n) is 6.26. The fourth-order valence-electron chi connectivity index (χ4n) is 2.81. The van der Waals surface area contributed by atoms with Crippen LogP contribution in [0, 0.1) is 5.92 Å². The van der Waals surface area contributed by atoms with Crippen molar-refractivity contribution in [1.29, 1.82) is 0 Å². The average molecular weight is 254 g/mol. The molecule has 94 valence electrons. The molecule has 2 N–H and O–H groups in total. The summed E-state index contributed by atoms with van der Waals surface area (Å²) in [7, 11) is 2.11. The summed E-state index contributed by atoms with van der Waals surface area (Å²) >= 11 is 6.19. The number of hydrogen-bond acceptors (Lipinski definition) is 3. The van der Waals surface area contributed by atoms with Gasteiger partial charge in [0.25, 0.3) is 0 Å². The maximum atomic E-state index is 6.19. The molecule has 0 radical (unpaired) electrons. The van der Waals surface area contributed by atoms with Crippen molar-refractivity contribution in [2.75, 3.05) is 18.5 Å². The first kappa shape index (κ1) is 12.7. The lowest BCUT2D eigenvalue weighted by Crippen LogP contribution is -2.43. The Hall–Kier alpha value is -0.800. The smallest absolute Gasteiger partial charge is 0.0822 e. The summed E-state index contributed by atoms with van der Waals surface area (Å²) in [5, 5.41) is 0.719. The van der Waals surface area contributed by atoms with E-state index in [1.165, 1.54) is 25.7 Å². The molecule has 1 fully saturated rings. The molecule has 0 amide bonds. The van der Waals surface area contributed by atoms with E-state index in [2.05, 4.69) is 16.9 Å². The minimum Gasteiger partial charge on any atom is -0.370 e. The number of pyridine rings is 1. The maximum Gasteiger partial charge on any atom is 0.0822 e. The molecule has 0 spiro atoms. The molecule has 0 bridgehead atoms. The number of rotatable bonds is 3. The number of nitrogens with zero attached hydrogens (tertiary/aromatic N) is 2. The van der Waals surface area contributed by atoms with E-state index < -0.39 is 0 Å². The predicted molar refractivity (Wildman–Crippen MR) is 72.5 cm³/mol. The van der Waals surface area contributed by atoms with Crippen LogP contribution in [0.15, 0.2) is 18.5 Å². The topological polar surface area (TPSA) is 42.2 Å². The number of anilines is 1. The molecule has 1 aromatic heterocycles. The average Bonchev–Trinajstić information content (AvgIpc) is 2.38. The van der Waals surface area contributed by atoms with Crippen molar-refractivity contribution in [3.05, 3.63) is 23.5 Å². The van der Waals surface area contributed by atoms with E-state index in [-0.39, 0.29) is 0 Å². The third-order valence-electron chi connectivity index (χ3n) is 3.80. The van der Waals surface area contributed by atoms with E-state index >= 15 is 0 Å². The minimum atomic E-state index is 0.508. The summed E-state index contributed by atoms with van der Waals surface area (Å²) in [5.41, 5.74) is 6.94. The zero-order valence-corrected chi connectivity index (χ0v) is 11.0. The summed E-state index contributed by atoms with van der Waals surface area (Å²) in [6, 6.07) is 2.48. The van der Waals surface area contributed by atoms with Gasteiger partial charge in [-0.1, -0.05) is 24.4 Å². The normalized spacial score (nSPS) is 24.6. The zero-order chi connectivity index (χ0) is 12.3. The van der Waals surface area contributed by atoms with Crippen LogP contribution in [0.2, 0.25) is 5.02 Å². The summed E-state index contributed by atoms with van der Waals surface area (Å²) < 4.78 is 0. The lowest BCUT2D eigenvalue weighted by molar-refractivity contribution is 0.306. The van der Waals surface area contributed by atoms with Crippen LogP contribution in [0.25, 0.3) is 0 Å². The van der Waals surface area contributed by atoms with Gasteiger partial charge in [-0.25, -0.2) is 0 Å². The van der Waals surface area contributed by atoms with E-state index in [0.29, 0.717) is 12.0 Å². The van der Waals surface area contributed by atoms with Gasteiger partial charge < -0.3 is 10.6 Å². The molecule has 0 aromatic carbocycles. The lowest BCUT2D eigenvalue weighted by Gasteiger charge is -2.39. The summed E-state index contributed by atoms with van der Waals surface area (Å²) in [4.78, 5) is 6.31. The second-order valence-corrected chi connectivity index (χ2v) is 5.19. The van der Waals surface area contributed by atoms with E-state index in [1.54, 1.807) is 12.4 Å². The van der Waals surface area contributed by atoms with Crippen molar-refractivity contribution in [3.63, 3.8) is 0 Å². The molecule has 3 nitrogen and oxygen atoms in total. The largest absolute Gasteiger partial charge is 0.370 e. The van der Waals surface area contributed by atoms with Crippen molar-refractivity contribution >= 4 is 17.3 Å². The van der Waals surface area contributed by atoms with Gasteiger partial charge in [0.1, 0.15) is 0 Å². The van der Waals surface area contributed by atoms with Crippen molar-refractivity contribution < 1.29 is 0 Å². The molecule has 1 aromatic rings. The molecule has 1 aliphatic carbocycles. The number of halogens is 1. The van der Waals surface area contributed by atoms with Crippen molar-refractivity contribution in [1.82, 2.24) is 4.98 Å². The molecule has 1 saturated carbocycles. The van der Waals surface area contributed by atoms with Gasteiger partial charge in [0.05, 0.1) is 10.7 Å². The Balaban J connectivity index is 2.18. The van der Waals surface area contributed by atoms with Crippen LogP contribution >= 0.6 is 11.6 Å². The molecule has 1 heterocycles. The summed E-state index contributed by atoms with van der Waals surface area (Å²) in [6.07, 6.45) is 8.52. The van der Waals surface area contributed by atoms with Gasteiger partial charge in [-0.05, 0) is 31.4 Å². The number of aromatic nitrogens is 1. The highest BCUT2D eigenvalue weighted by Gasteiger charge is 2.28. The molecule has 2 unspecified atom stereocenters. The Kier molecular flexibility index (Phi) is 4.24. The SMILES string of the molecule is CN(c1ccncc1Cl)C1CCCCC1CN. The van der Waals surface area contributed by atoms with Gasteiger partial charge in [-0.3, -0.25) is 4.98 Å². The second kappa shape index (κ2) is 5.69. The van der Waals surface area contributed by atoms with Crippen LogP contribution in [0.5, 0.6) is 0 Å². The van der Waals surface area contributed by atoms with Crippen molar-refractivity contribution in [3.8, 4) is 0 Å². The molecule has 2 atom stereocenters. The highest BCUT2D eigenvalue weighted by molar-refractivity contribution is 6.33. The molecular formula is C13H20ClN3. The van der Waals surface area contributed by atoms with Gasteiger partial charge in [0.2, 0.25) is 0 Å². The van der Waals surface area contributed by atoms with Crippen LogP contribution in [0.4, 0.5) is 5.69 Å². The molecule has 2 rings (SSSR count). The van der Waals surface area contributed by atoms with Crippen LogP contribution in [0.3, 0.4) is 0 Å². The Bertz CT molecular complexity index is 369. The number of nitrogens with two attached hydrogens (primary N) is 1. The predicted octanol–water partition coefficient (Wildman–Crippen LogP) is 2.69. The van der Waals surface area contributed by atoms with Crippen molar-refractivity contribution in [2.24, 2.45) is 11.7 Å². The van der Waals surface area contributed by atoms with Crippen molar-refractivity contribution in [2.45, 2.75) is 31.7 Å². The Morgan fingerprint density at radius 1 is 1.47 bits per heavy atom. The van der Waals surface area contributed by atoms with Gasteiger partial charge >= 0.3 is 0 Å². The fraction of sp³-hybridized carbons (Fsp3) is 0.615. The van der Waals surface area contributed by atoms with Crippen LogP contribution in [-0.4, -0.2) is 24.6 Å². The summed E-state index contributed by atoms with van der Waals surface area (Å²) in [5.74, 6) is 0.581. The van der Waals surface area contributed by atoms with Gasteiger partial charge in [0, 0.05) is 25.5 Å². The Labute approximate surface area is 108 Å². The van der Waals surface area contributed by atoms with E-state index in [1.807, 2.05) is 6.07 Å². The third-order valence-corrected chi connectivity index (χ3v) is 4.09. The van der Waals surface area contributed by atoms with Gasteiger partial charge in [-0.15, -0.1) is 0 Å². The molecular weight excluding hydrogens is 234 g/mol. The first-order chi connectivity index (χ1) is 8.24. The molecule has 0 aliphatic heterocycles. The maximum absolute atomic E-state index is 6.19. The van der Waals surface area contributed by atoms with Crippen LogP contribution in [-0.2, 0) is 0 Å². The zero-order valence-electron chi connectivity index (χ0n) is 10.3. The third kappa shape index (κ3) is 2.72. The van der Waals surface area contributed by atoms with Gasteiger partial charge in [0.15, 0.2) is 0 Å². The molecule has 1 aliphatic rings. The quantitative estimate of drug-likeness (QED) is 0.901. The lowest BCUT2D eigenvalue weighted by atomic mass is 9.83. The van der Waals surface area contributed by atoms with Crippen LogP contribution < -0.4 is 10.6 Å². The minimum absolute atomic E-state index is 0.508. The van der Waals surface area contributed by atoms with E-state index in [4.69, 9.17) is 17.3 Å². The molecule has 17 heavy (non-hydrogen) atoms.